The van der Waals surface area contributed by atoms with Gasteiger partial charge in [-0.15, -0.1) is 5.10 Å². The van der Waals surface area contributed by atoms with Gasteiger partial charge in [0.25, 0.3) is 5.56 Å². The molecule has 1 aromatic heterocycles. The summed E-state index contributed by atoms with van der Waals surface area (Å²) in [5, 5.41) is 7.57. The fraction of sp³-hybridized carbons (Fsp3) is 0.458. The zero-order valence-corrected chi connectivity index (χ0v) is 17.7. The number of amides is 1. The number of rotatable bonds is 6. The fourth-order valence-electron chi connectivity index (χ4n) is 4.33. The van der Waals surface area contributed by atoms with Crippen LogP contribution in [0.3, 0.4) is 0 Å². The lowest BCUT2D eigenvalue weighted by molar-refractivity contribution is -0.125. The van der Waals surface area contributed by atoms with Crippen molar-refractivity contribution in [2.45, 2.75) is 44.9 Å². The molecule has 1 N–H and O–H groups in total. The molecular formula is C24H29FN4O2. The van der Waals surface area contributed by atoms with E-state index in [0.29, 0.717) is 24.6 Å². The smallest absolute Gasteiger partial charge is 0.271 e. The molecule has 7 heteroatoms. The van der Waals surface area contributed by atoms with Crippen molar-refractivity contribution in [1.82, 2.24) is 15.1 Å². The number of halogens is 1. The normalized spacial score (nSPS) is 17.3. The van der Waals surface area contributed by atoms with Crippen LogP contribution in [0.2, 0.25) is 0 Å². The van der Waals surface area contributed by atoms with Gasteiger partial charge in [-0.3, -0.25) is 9.59 Å². The molecule has 1 aliphatic carbocycles. The highest BCUT2D eigenvalue weighted by atomic mass is 19.1. The Morgan fingerprint density at radius 3 is 2.58 bits per heavy atom. The first kappa shape index (κ1) is 21.3. The lowest BCUT2D eigenvalue weighted by Gasteiger charge is -2.32. The molecule has 0 saturated carbocycles. The maximum absolute atomic E-state index is 13.2. The Hall–Kier alpha value is -2.96. The number of aromatic nitrogens is 2. The Labute approximate surface area is 181 Å². The molecule has 0 atom stereocenters. The maximum Gasteiger partial charge on any atom is 0.271 e. The molecule has 0 unspecified atom stereocenters. The average molecular weight is 425 g/mol. The van der Waals surface area contributed by atoms with E-state index in [-0.39, 0.29) is 23.2 Å². The monoisotopic (exact) mass is 424 g/mol. The second kappa shape index (κ2) is 9.90. The Balaban J connectivity index is 1.31. The summed E-state index contributed by atoms with van der Waals surface area (Å²) in [5.74, 6) is 0.482. The Morgan fingerprint density at radius 2 is 1.87 bits per heavy atom. The summed E-state index contributed by atoms with van der Waals surface area (Å²) in [7, 11) is 0. The molecule has 1 amide bonds. The summed E-state index contributed by atoms with van der Waals surface area (Å²) < 4.78 is 14.5. The molecule has 1 fully saturated rings. The minimum Gasteiger partial charge on any atom is -0.356 e. The van der Waals surface area contributed by atoms with E-state index in [1.807, 2.05) is 0 Å². The summed E-state index contributed by atoms with van der Waals surface area (Å²) in [6.45, 7) is 2.13. The van der Waals surface area contributed by atoms with Crippen LogP contribution in [-0.2, 0) is 4.79 Å². The predicted octanol–water partition coefficient (Wildman–Crippen LogP) is 3.59. The summed E-state index contributed by atoms with van der Waals surface area (Å²) in [6, 6.07) is 8.88. The van der Waals surface area contributed by atoms with Crippen LogP contribution in [0.15, 0.2) is 52.8 Å². The Morgan fingerprint density at radius 1 is 1.10 bits per heavy atom. The summed E-state index contributed by atoms with van der Waals surface area (Å²) >= 11 is 0. The number of anilines is 1. The lowest BCUT2D eigenvalue weighted by atomic mass is 9.95. The van der Waals surface area contributed by atoms with Gasteiger partial charge in [0, 0.05) is 31.6 Å². The van der Waals surface area contributed by atoms with Crippen molar-refractivity contribution in [2.24, 2.45) is 5.92 Å². The third-order valence-electron chi connectivity index (χ3n) is 6.18. The van der Waals surface area contributed by atoms with E-state index in [9.17, 15) is 14.0 Å². The zero-order valence-electron chi connectivity index (χ0n) is 17.7. The van der Waals surface area contributed by atoms with Gasteiger partial charge in [-0.05, 0) is 75.3 Å². The van der Waals surface area contributed by atoms with E-state index in [2.05, 4.69) is 21.4 Å². The third kappa shape index (κ3) is 5.40. The van der Waals surface area contributed by atoms with Crippen LogP contribution >= 0.6 is 0 Å². The number of benzene rings is 1. The Kier molecular flexibility index (Phi) is 6.79. The second-order valence-electron chi connectivity index (χ2n) is 8.33. The minimum absolute atomic E-state index is 0.0135. The molecule has 2 aromatic rings. The van der Waals surface area contributed by atoms with E-state index in [1.54, 1.807) is 6.07 Å². The van der Waals surface area contributed by atoms with Gasteiger partial charge in [-0.1, -0.05) is 11.6 Å². The third-order valence-corrected chi connectivity index (χ3v) is 6.18. The quantitative estimate of drug-likeness (QED) is 0.720. The van der Waals surface area contributed by atoms with Crippen molar-refractivity contribution in [1.29, 1.82) is 0 Å². The molecule has 0 bridgehead atoms. The molecule has 4 rings (SSSR count). The predicted molar refractivity (Wildman–Crippen MR) is 119 cm³/mol. The van der Waals surface area contributed by atoms with E-state index in [1.165, 1.54) is 66.3 Å². The van der Waals surface area contributed by atoms with Gasteiger partial charge in [0.15, 0.2) is 0 Å². The molecule has 2 aliphatic rings. The highest BCUT2D eigenvalue weighted by Gasteiger charge is 2.25. The molecule has 1 aliphatic heterocycles. The first-order valence-electron chi connectivity index (χ1n) is 11.2. The molecule has 1 saturated heterocycles. The van der Waals surface area contributed by atoms with Crippen LogP contribution < -0.4 is 15.8 Å². The van der Waals surface area contributed by atoms with E-state index < -0.39 is 0 Å². The highest BCUT2D eigenvalue weighted by molar-refractivity contribution is 5.79. The molecule has 31 heavy (non-hydrogen) atoms. The summed E-state index contributed by atoms with van der Waals surface area (Å²) in [5.41, 5.74) is 1.73. The first-order chi connectivity index (χ1) is 15.1. The van der Waals surface area contributed by atoms with Gasteiger partial charge in [0.2, 0.25) is 5.91 Å². The van der Waals surface area contributed by atoms with Gasteiger partial charge in [-0.2, -0.15) is 4.68 Å². The molecular weight excluding hydrogens is 395 g/mol. The van der Waals surface area contributed by atoms with Crippen molar-refractivity contribution in [3.63, 3.8) is 0 Å². The summed E-state index contributed by atoms with van der Waals surface area (Å²) in [4.78, 5) is 26.9. The largest absolute Gasteiger partial charge is 0.356 e. The number of piperidine rings is 1. The number of carbonyl (C=O) groups excluding carboxylic acids is 1. The van der Waals surface area contributed by atoms with E-state index >= 15 is 0 Å². The number of allylic oxidation sites excluding steroid dienone is 1. The highest BCUT2D eigenvalue weighted by Crippen LogP contribution is 2.22. The molecule has 0 spiro atoms. The van der Waals surface area contributed by atoms with Crippen molar-refractivity contribution in [2.75, 3.05) is 24.5 Å². The topological polar surface area (TPSA) is 67.2 Å². The average Bonchev–Trinajstić information content (AvgIpc) is 2.81. The maximum atomic E-state index is 13.2. The van der Waals surface area contributed by atoms with Crippen molar-refractivity contribution < 1.29 is 9.18 Å². The van der Waals surface area contributed by atoms with Crippen LogP contribution in [0.5, 0.6) is 0 Å². The lowest BCUT2D eigenvalue weighted by Crippen LogP contribution is -2.41. The SMILES string of the molecule is O=C(NCCC1=CCCCC1)C1CCN(c2ccc(=O)n(-c3ccc(F)cc3)n2)CC1. The molecule has 1 aromatic carbocycles. The zero-order chi connectivity index (χ0) is 21.6. The van der Waals surface area contributed by atoms with Crippen LogP contribution in [0.4, 0.5) is 10.2 Å². The van der Waals surface area contributed by atoms with Crippen LogP contribution in [0.1, 0.15) is 44.9 Å². The molecule has 6 nitrogen and oxygen atoms in total. The van der Waals surface area contributed by atoms with E-state index in [0.717, 1.165) is 25.8 Å². The first-order valence-corrected chi connectivity index (χ1v) is 11.2. The number of hydrogen-bond donors (Lipinski definition) is 1. The van der Waals surface area contributed by atoms with Gasteiger partial charge >= 0.3 is 0 Å². The van der Waals surface area contributed by atoms with E-state index in [4.69, 9.17) is 0 Å². The van der Waals surface area contributed by atoms with Crippen LogP contribution in [0, 0.1) is 11.7 Å². The fourth-order valence-corrected chi connectivity index (χ4v) is 4.33. The number of nitrogens with zero attached hydrogens (tertiary/aromatic N) is 3. The summed E-state index contributed by atoms with van der Waals surface area (Å²) in [6.07, 6.45) is 9.68. The van der Waals surface area contributed by atoms with Gasteiger partial charge in [0.05, 0.1) is 5.69 Å². The number of carbonyl (C=O) groups is 1. The van der Waals surface area contributed by atoms with Crippen LogP contribution in [0.25, 0.3) is 5.69 Å². The van der Waals surface area contributed by atoms with Gasteiger partial charge in [0.1, 0.15) is 11.6 Å². The standard InChI is InChI=1S/C24H29FN4O2/c25-20-6-8-21(9-7-20)29-23(30)11-10-22(27-29)28-16-13-19(14-17-28)24(31)26-15-12-18-4-2-1-3-5-18/h4,6-11,19H,1-3,5,12-17H2,(H,26,31). The molecule has 0 radical (unpaired) electrons. The molecule has 2 heterocycles. The van der Waals surface area contributed by atoms with Crippen molar-refractivity contribution in [3.05, 3.63) is 64.2 Å². The number of nitrogens with one attached hydrogen (secondary N) is 1. The van der Waals surface area contributed by atoms with Gasteiger partial charge < -0.3 is 10.2 Å². The molecule has 164 valence electrons. The second-order valence-corrected chi connectivity index (χ2v) is 8.33. The number of hydrogen-bond acceptors (Lipinski definition) is 4. The van der Waals surface area contributed by atoms with Crippen molar-refractivity contribution >= 4 is 11.7 Å². The Bertz CT molecular complexity index is 991. The van der Waals surface area contributed by atoms with Crippen LogP contribution in [-0.4, -0.2) is 35.3 Å². The minimum atomic E-state index is -0.358. The van der Waals surface area contributed by atoms with Crippen molar-refractivity contribution in [3.8, 4) is 5.69 Å². The van der Waals surface area contributed by atoms with Gasteiger partial charge in [-0.25, -0.2) is 4.39 Å².